The molecule has 134 valence electrons. The fourth-order valence-electron chi connectivity index (χ4n) is 2.52. The number of sulfonamides is 1. The largest absolute Gasteiger partial charge is 0.497 e. The van der Waals surface area contributed by atoms with E-state index in [1.807, 2.05) is 0 Å². The number of halogens is 1. The molecule has 0 saturated heterocycles. The number of fused-ring (bicyclic) bond motifs is 1. The molecule has 0 aliphatic carbocycles. The van der Waals surface area contributed by atoms with Crippen LogP contribution in [0.15, 0.2) is 41.4 Å². The SMILES string of the molecule is COc1ccc2c(S(=O)(=O)Nc3cc(F)c(C#N)cc3OC)c[nH]c2c1. The van der Waals surface area contributed by atoms with Gasteiger partial charge in [0.15, 0.2) is 0 Å². The average Bonchev–Trinajstić information content (AvgIpc) is 3.05. The van der Waals surface area contributed by atoms with E-state index in [0.29, 0.717) is 16.7 Å². The van der Waals surface area contributed by atoms with E-state index in [2.05, 4.69) is 9.71 Å². The van der Waals surface area contributed by atoms with Crippen molar-refractivity contribution in [1.29, 1.82) is 5.26 Å². The molecule has 7 nitrogen and oxygen atoms in total. The van der Waals surface area contributed by atoms with Gasteiger partial charge >= 0.3 is 0 Å². The Labute approximate surface area is 149 Å². The molecule has 0 bridgehead atoms. The zero-order valence-electron chi connectivity index (χ0n) is 13.8. The van der Waals surface area contributed by atoms with Crippen molar-refractivity contribution < 1.29 is 22.3 Å². The number of aromatic amines is 1. The van der Waals surface area contributed by atoms with Gasteiger partial charge < -0.3 is 14.5 Å². The minimum absolute atomic E-state index is 0.0121. The van der Waals surface area contributed by atoms with Crippen molar-refractivity contribution in [2.24, 2.45) is 0 Å². The van der Waals surface area contributed by atoms with Crippen LogP contribution in [0.2, 0.25) is 0 Å². The van der Waals surface area contributed by atoms with Crippen LogP contribution >= 0.6 is 0 Å². The highest BCUT2D eigenvalue weighted by Crippen LogP contribution is 2.32. The molecule has 9 heteroatoms. The number of benzene rings is 2. The minimum atomic E-state index is -4.04. The summed E-state index contributed by atoms with van der Waals surface area (Å²) in [5, 5.41) is 9.32. The normalized spacial score (nSPS) is 11.2. The lowest BCUT2D eigenvalue weighted by atomic mass is 10.2. The van der Waals surface area contributed by atoms with Crippen LogP contribution in [0.25, 0.3) is 10.9 Å². The second kappa shape index (κ2) is 6.57. The topological polar surface area (TPSA) is 104 Å². The van der Waals surface area contributed by atoms with Crippen molar-refractivity contribution in [3.8, 4) is 17.6 Å². The predicted octanol–water partition coefficient (Wildman–Crippen LogP) is 3.00. The van der Waals surface area contributed by atoms with Gasteiger partial charge in [-0.1, -0.05) is 0 Å². The Bertz CT molecular complexity index is 1130. The molecular formula is C17H14FN3O4S. The maximum Gasteiger partial charge on any atom is 0.264 e. The molecule has 1 aromatic heterocycles. The maximum absolute atomic E-state index is 13.9. The van der Waals surface area contributed by atoms with Gasteiger partial charge in [-0.05, 0) is 12.1 Å². The van der Waals surface area contributed by atoms with Crippen molar-refractivity contribution in [2.45, 2.75) is 4.90 Å². The Balaban J connectivity index is 2.05. The summed E-state index contributed by atoms with van der Waals surface area (Å²) in [6.07, 6.45) is 1.33. The van der Waals surface area contributed by atoms with Gasteiger partial charge in [0.1, 0.15) is 28.3 Å². The summed E-state index contributed by atoms with van der Waals surface area (Å²) in [6, 6.07) is 8.62. The summed E-state index contributed by atoms with van der Waals surface area (Å²) in [4.78, 5) is 2.85. The highest BCUT2D eigenvalue weighted by molar-refractivity contribution is 7.93. The van der Waals surface area contributed by atoms with E-state index in [1.165, 1.54) is 20.4 Å². The molecule has 0 fully saturated rings. The van der Waals surface area contributed by atoms with Crippen molar-refractivity contribution in [2.75, 3.05) is 18.9 Å². The number of methoxy groups -OCH3 is 2. The molecule has 26 heavy (non-hydrogen) atoms. The average molecular weight is 375 g/mol. The third-order valence-corrected chi connectivity index (χ3v) is 5.20. The van der Waals surface area contributed by atoms with Crippen molar-refractivity contribution in [1.82, 2.24) is 4.98 Å². The molecule has 0 radical (unpaired) electrons. The van der Waals surface area contributed by atoms with E-state index in [9.17, 15) is 12.8 Å². The Morgan fingerprint density at radius 3 is 2.62 bits per heavy atom. The first-order chi connectivity index (χ1) is 12.4. The van der Waals surface area contributed by atoms with Crippen LogP contribution in [0.3, 0.4) is 0 Å². The van der Waals surface area contributed by atoms with Gasteiger partial charge in [0.25, 0.3) is 10.0 Å². The molecule has 0 amide bonds. The zero-order valence-corrected chi connectivity index (χ0v) is 14.6. The third-order valence-electron chi connectivity index (χ3n) is 3.79. The first-order valence-corrected chi connectivity index (χ1v) is 8.83. The Morgan fingerprint density at radius 1 is 1.19 bits per heavy atom. The fraction of sp³-hybridized carbons (Fsp3) is 0.118. The summed E-state index contributed by atoms with van der Waals surface area (Å²) >= 11 is 0. The van der Waals surface area contributed by atoms with Gasteiger partial charge in [0.2, 0.25) is 0 Å². The number of nitriles is 1. The molecule has 0 atom stereocenters. The number of H-pyrrole nitrogens is 1. The van der Waals surface area contributed by atoms with Crippen LogP contribution in [-0.2, 0) is 10.0 Å². The Kier molecular flexibility index (Phi) is 4.44. The molecule has 3 rings (SSSR count). The minimum Gasteiger partial charge on any atom is -0.497 e. The number of ether oxygens (including phenoxy) is 2. The highest BCUT2D eigenvalue weighted by Gasteiger charge is 2.22. The van der Waals surface area contributed by atoms with Crippen LogP contribution in [0.4, 0.5) is 10.1 Å². The molecule has 0 aliphatic rings. The van der Waals surface area contributed by atoms with Crippen LogP contribution < -0.4 is 14.2 Å². The Morgan fingerprint density at radius 2 is 1.96 bits per heavy atom. The molecule has 0 saturated carbocycles. The quantitative estimate of drug-likeness (QED) is 0.713. The van der Waals surface area contributed by atoms with Gasteiger partial charge in [-0.3, -0.25) is 4.72 Å². The lowest BCUT2D eigenvalue weighted by molar-refractivity contribution is 0.415. The molecule has 1 heterocycles. The van der Waals surface area contributed by atoms with Crippen LogP contribution in [0.1, 0.15) is 5.56 Å². The maximum atomic E-state index is 13.9. The van der Waals surface area contributed by atoms with Crippen LogP contribution in [-0.4, -0.2) is 27.6 Å². The van der Waals surface area contributed by atoms with Gasteiger partial charge in [0, 0.05) is 29.8 Å². The van der Waals surface area contributed by atoms with Gasteiger partial charge in [-0.2, -0.15) is 5.26 Å². The molecule has 2 N–H and O–H groups in total. The van der Waals surface area contributed by atoms with Gasteiger partial charge in [0.05, 0.1) is 31.0 Å². The lowest BCUT2D eigenvalue weighted by Crippen LogP contribution is -2.13. The molecule has 0 spiro atoms. The number of rotatable bonds is 5. The van der Waals surface area contributed by atoms with E-state index < -0.39 is 15.8 Å². The fourth-order valence-corrected chi connectivity index (χ4v) is 3.76. The van der Waals surface area contributed by atoms with E-state index in [1.54, 1.807) is 24.3 Å². The van der Waals surface area contributed by atoms with Crippen LogP contribution in [0, 0.1) is 17.1 Å². The first-order valence-electron chi connectivity index (χ1n) is 7.35. The van der Waals surface area contributed by atoms with Crippen molar-refractivity contribution in [3.05, 3.63) is 47.9 Å². The molecular weight excluding hydrogens is 361 g/mol. The third kappa shape index (κ3) is 3.02. The predicted molar refractivity (Wildman–Crippen MR) is 93.3 cm³/mol. The number of aromatic nitrogens is 1. The smallest absolute Gasteiger partial charge is 0.264 e. The van der Waals surface area contributed by atoms with E-state index in [0.717, 1.165) is 12.1 Å². The summed E-state index contributed by atoms with van der Waals surface area (Å²) < 4.78 is 51.9. The van der Waals surface area contributed by atoms with E-state index in [4.69, 9.17) is 14.7 Å². The van der Waals surface area contributed by atoms with Crippen molar-refractivity contribution >= 4 is 26.6 Å². The number of hydrogen-bond acceptors (Lipinski definition) is 5. The summed E-state index contributed by atoms with van der Waals surface area (Å²) in [5.74, 6) is -0.241. The molecule has 0 aliphatic heterocycles. The van der Waals surface area contributed by atoms with Crippen molar-refractivity contribution in [3.63, 3.8) is 0 Å². The highest BCUT2D eigenvalue weighted by atomic mass is 32.2. The zero-order chi connectivity index (χ0) is 18.9. The number of nitrogens with one attached hydrogen (secondary N) is 2. The van der Waals surface area contributed by atoms with Crippen LogP contribution in [0.5, 0.6) is 11.5 Å². The lowest BCUT2D eigenvalue weighted by Gasteiger charge is -2.12. The second-order valence-corrected chi connectivity index (χ2v) is 6.96. The standard InChI is InChI=1S/C17H14FN3O4S/c1-24-11-3-4-12-14(6-11)20-9-17(12)26(22,23)21-15-7-13(18)10(8-19)5-16(15)25-2/h3-7,9,20-21H,1-2H3. The summed E-state index contributed by atoms with van der Waals surface area (Å²) in [7, 11) is -1.23. The van der Waals surface area contributed by atoms with E-state index in [-0.39, 0.29) is 21.9 Å². The molecule has 2 aromatic carbocycles. The molecule has 0 unspecified atom stereocenters. The monoisotopic (exact) mass is 375 g/mol. The number of nitrogens with zero attached hydrogens (tertiary/aromatic N) is 1. The number of hydrogen-bond donors (Lipinski definition) is 2. The summed E-state index contributed by atoms with van der Waals surface area (Å²) in [5.41, 5.74) is 0.221. The summed E-state index contributed by atoms with van der Waals surface area (Å²) in [6.45, 7) is 0. The van der Waals surface area contributed by atoms with E-state index >= 15 is 0 Å². The first kappa shape index (κ1) is 17.6. The molecule has 3 aromatic rings. The number of anilines is 1. The Hall–Kier alpha value is -3.25. The van der Waals surface area contributed by atoms with Gasteiger partial charge in [-0.25, -0.2) is 12.8 Å². The second-order valence-electron chi connectivity index (χ2n) is 5.31. The van der Waals surface area contributed by atoms with Gasteiger partial charge in [-0.15, -0.1) is 0 Å².